The summed E-state index contributed by atoms with van der Waals surface area (Å²) in [6.45, 7) is 0. The Hall–Kier alpha value is -1.03. The van der Waals surface area contributed by atoms with Gasteiger partial charge in [-0.2, -0.15) is 0 Å². The SMILES string of the molecule is O=C1C=C(c2cc(Cl)c(Cl)cc2Cl)C(=O)N1. The number of imide groups is 1. The molecule has 1 aromatic rings. The summed E-state index contributed by atoms with van der Waals surface area (Å²) in [6, 6.07) is 2.88. The lowest BCUT2D eigenvalue weighted by Crippen LogP contribution is -2.21. The van der Waals surface area contributed by atoms with Crippen LogP contribution in [0.5, 0.6) is 0 Å². The average molecular weight is 277 g/mol. The highest BCUT2D eigenvalue weighted by molar-refractivity contribution is 6.45. The molecule has 0 radical (unpaired) electrons. The standard InChI is InChI=1S/C10H4Cl3NO2/c11-6-3-8(13)7(12)1-4(6)5-2-9(15)14-10(5)16/h1-3H,(H,14,15,16). The second kappa shape index (κ2) is 4.09. The van der Waals surface area contributed by atoms with Gasteiger partial charge in [0.1, 0.15) is 0 Å². The Bertz CT molecular complexity index is 537. The molecule has 1 heterocycles. The van der Waals surface area contributed by atoms with E-state index in [2.05, 4.69) is 5.32 Å². The molecule has 2 rings (SSSR count). The van der Waals surface area contributed by atoms with Crippen LogP contribution in [0.25, 0.3) is 5.57 Å². The van der Waals surface area contributed by atoms with E-state index in [1.807, 2.05) is 0 Å². The van der Waals surface area contributed by atoms with Gasteiger partial charge in [-0.3, -0.25) is 14.9 Å². The first-order valence-electron chi connectivity index (χ1n) is 4.21. The molecule has 2 amide bonds. The van der Waals surface area contributed by atoms with Crippen LogP contribution in [0.1, 0.15) is 5.56 Å². The molecule has 1 aliphatic rings. The van der Waals surface area contributed by atoms with Gasteiger partial charge in [0.05, 0.1) is 20.6 Å². The first-order valence-corrected chi connectivity index (χ1v) is 5.34. The molecule has 0 saturated heterocycles. The molecule has 0 spiro atoms. The van der Waals surface area contributed by atoms with E-state index in [-0.39, 0.29) is 15.6 Å². The van der Waals surface area contributed by atoms with Gasteiger partial charge in [-0.25, -0.2) is 0 Å². The number of benzene rings is 1. The maximum atomic E-state index is 11.4. The summed E-state index contributed by atoms with van der Waals surface area (Å²) in [7, 11) is 0. The second-order valence-electron chi connectivity index (χ2n) is 3.12. The van der Waals surface area contributed by atoms with Crippen LogP contribution >= 0.6 is 34.8 Å². The number of hydrogen-bond donors (Lipinski definition) is 1. The molecular formula is C10H4Cl3NO2. The van der Waals surface area contributed by atoms with Gasteiger partial charge in [0, 0.05) is 11.6 Å². The summed E-state index contributed by atoms with van der Waals surface area (Å²) in [5.41, 5.74) is 0.577. The lowest BCUT2D eigenvalue weighted by atomic mass is 10.1. The lowest BCUT2D eigenvalue weighted by Gasteiger charge is -2.05. The molecule has 3 nitrogen and oxygen atoms in total. The van der Waals surface area contributed by atoms with Crippen molar-refractivity contribution in [1.82, 2.24) is 5.32 Å². The van der Waals surface area contributed by atoms with Crippen LogP contribution in [0.15, 0.2) is 18.2 Å². The van der Waals surface area contributed by atoms with Crippen LogP contribution in [0.4, 0.5) is 0 Å². The Labute approximate surface area is 106 Å². The van der Waals surface area contributed by atoms with Crippen LogP contribution < -0.4 is 5.32 Å². The molecular weight excluding hydrogens is 272 g/mol. The van der Waals surface area contributed by atoms with E-state index in [1.165, 1.54) is 18.2 Å². The van der Waals surface area contributed by atoms with Crippen molar-refractivity contribution < 1.29 is 9.59 Å². The summed E-state index contributed by atoms with van der Waals surface area (Å²) < 4.78 is 0. The molecule has 82 valence electrons. The first-order chi connectivity index (χ1) is 7.49. The Morgan fingerprint density at radius 3 is 2.12 bits per heavy atom. The summed E-state index contributed by atoms with van der Waals surface area (Å²) in [5.74, 6) is -0.965. The molecule has 0 fully saturated rings. The molecule has 0 bridgehead atoms. The van der Waals surface area contributed by atoms with E-state index >= 15 is 0 Å². The number of halogens is 3. The fourth-order valence-corrected chi connectivity index (χ4v) is 1.99. The van der Waals surface area contributed by atoms with E-state index in [0.29, 0.717) is 10.6 Å². The van der Waals surface area contributed by atoms with Crippen molar-refractivity contribution in [3.8, 4) is 0 Å². The van der Waals surface area contributed by atoms with Crippen LogP contribution in [0, 0.1) is 0 Å². The normalized spacial score (nSPS) is 15.1. The smallest absolute Gasteiger partial charge is 0.258 e. The minimum Gasteiger partial charge on any atom is -0.289 e. The number of carbonyl (C=O) groups excluding carboxylic acids is 2. The van der Waals surface area contributed by atoms with E-state index < -0.39 is 11.8 Å². The third kappa shape index (κ3) is 1.94. The fraction of sp³-hybridized carbons (Fsp3) is 0. The van der Waals surface area contributed by atoms with E-state index in [4.69, 9.17) is 34.8 Å². The van der Waals surface area contributed by atoms with Crippen molar-refractivity contribution in [1.29, 1.82) is 0 Å². The zero-order chi connectivity index (χ0) is 11.9. The van der Waals surface area contributed by atoms with Gasteiger partial charge in [0.25, 0.3) is 11.8 Å². The fourth-order valence-electron chi connectivity index (χ4n) is 1.34. The van der Waals surface area contributed by atoms with Crippen LogP contribution in [0.3, 0.4) is 0 Å². The van der Waals surface area contributed by atoms with Crippen LogP contribution in [-0.4, -0.2) is 11.8 Å². The predicted molar refractivity (Wildman–Crippen MR) is 62.6 cm³/mol. The molecule has 1 aromatic carbocycles. The Morgan fingerprint density at radius 2 is 1.56 bits per heavy atom. The number of carbonyl (C=O) groups is 2. The quantitative estimate of drug-likeness (QED) is 0.633. The molecule has 1 aliphatic heterocycles. The Morgan fingerprint density at radius 1 is 0.938 bits per heavy atom. The molecule has 1 N–H and O–H groups in total. The topological polar surface area (TPSA) is 46.2 Å². The van der Waals surface area contributed by atoms with Gasteiger partial charge >= 0.3 is 0 Å². The molecule has 6 heteroatoms. The monoisotopic (exact) mass is 275 g/mol. The maximum absolute atomic E-state index is 11.4. The van der Waals surface area contributed by atoms with Crippen molar-refractivity contribution in [2.45, 2.75) is 0 Å². The minimum absolute atomic E-state index is 0.188. The Balaban J connectivity index is 2.57. The minimum atomic E-state index is -0.495. The molecule has 0 aromatic heterocycles. The van der Waals surface area contributed by atoms with Gasteiger partial charge in [0.2, 0.25) is 0 Å². The highest BCUT2D eigenvalue weighted by atomic mass is 35.5. The number of nitrogens with one attached hydrogen (secondary N) is 1. The van der Waals surface area contributed by atoms with Gasteiger partial charge in [-0.05, 0) is 12.1 Å². The van der Waals surface area contributed by atoms with Gasteiger partial charge < -0.3 is 0 Å². The Kier molecular flexibility index (Phi) is 2.93. The zero-order valence-electron chi connectivity index (χ0n) is 7.68. The summed E-state index contributed by atoms with van der Waals surface area (Å²) >= 11 is 17.5. The van der Waals surface area contributed by atoms with Crippen molar-refractivity contribution in [3.63, 3.8) is 0 Å². The summed E-state index contributed by atoms with van der Waals surface area (Å²) in [4.78, 5) is 22.4. The first kappa shape index (κ1) is 11.5. The highest BCUT2D eigenvalue weighted by Gasteiger charge is 2.24. The third-order valence-corrected chi connectivity index (χ3v) is 3.09. The van der Waals surface area contributed by atoms with Gasteiger partial charge in [0.15, 0.2) is 0 Å². The number of amides is 2. The van der Waals surface area contributed by atoms with Gasteiger partial charge in [-0.1, -0.05) is 34.8 Å². The molecule has 0 saturated carbocycles. The van der Waals surface area contributed by atoms with E-state index in [0.717, 1.165) is 0 Å². The van der Waals surface area contributed by atoms with Gasteiger partial charge in [-0.15, -0.1) is 0 Å². The molecule has 0 aliphatic carbocycles. The number of rotatable bonds is 1. The lowest BCUT2D eigenvalue weighted by molar-refractivity contribution is -0.123. The van der Waals surface area contributed by atoms with Crippen molar-refractivity contribution in [2.24, 2.45) is 0 Å². The summed E-state index contributed by atoms with van der Waals surface area (Å²) in [6.07, 6.45) is 1.17. The van der Waals surface area contributed by atoms with E-state index in [9.17, 15) is 9.59 Å². The zero-order valence-corrected chi connectivity index (χ0v) is 9.95. The maximum Gasteiger partial charge on any atom is 0.258 e. The average Bonchev–Trinajstić information content (AvgIpc) is 2.51. The largest absolute Gasteiger partial charge is 0.289 e. The summed E-state index contributed by atoms with van der Waals surface area (Å²) in [5, 5.41) is 2.96. The van der Waals surface area contributed by atoms with Crippen molar-refractivity contribution in [2.75, 3.05) is 0 Å². The van der Waals surface area contributed by atoms with Crippen LogP contribution in [-0.2, 0) is 9.59 Å². The van der Waals surface area contributed by atoms with Crippen molar-refractivity contribution in [3.05, 3.63) is 38.8 Å². The molecule has 0 unspecified atom stereocenters. The second-order valence-corrected chi connectivity index (χ2v) is 4.34. The predicted octanol–water partition coefficient (Wildman–Crippen LogP) is 2.69. The molecule has 0 atom stereocenters. The van der Waals surface area contributed by atoms with Crippen LogP contribution in [0.2, 0.25) is 15.1 Å². The van der Waals surface area contributed by atoms with Crippen molar-refractivity contribution >= 4 is 52.2 Å². The van der Waals surface area contributed by atoms with E-state index in [1.54, 1.807) is 0 Å². The highest BCUT2D eigenvalue weighted by Crippen LogP contribution is 2.33. The molecule has 16 heavy (non-hydrogen) atoms. The third-order valence-electron chi connectivity index (χ3n) is 2.06. The number of hydrogen-bond acceptors (Lipinski definition) is 2.